The molecule has 5 aromatic carbocycles. The van der Waals surface area contributed by atoms with Crippen molar-refractivity contribution in [3.05, 3.63) is 157 Å². The van der Waals surface area contributed by atoms with E-state index in [1.807, 2.05) is 12.3 Å². The van der Waals surface area contributed by atoms with Gasteiger partial charge in [0.05, 0.1) is 11.4 Å². The van der Waals surface area contributed by atoms with Crippen molar-refractivity contribution in [3.8, 4) is 56.0 Å². The summed E-state index contributed by atoms with van der Waals surface area (Å²) in [6, 6.07) is 51.2. The summed E-state index contributed by atoms with van der Waals surface area (Å²) in [5.41, 5.74) is 13.5. The van der Waals surface area contributed by atoms with Crippen molar-refractivity contribution >= 4 is 10.8 Å². The van der Waals surface area contributed by atoms with Gasteiger partial charge in [0, 0.05) is 37.4 Å². The van der Waals surface area contributed by atoms with Crippen LogP contribution in [0, 0.1) is 6.07 Å². The predicted molar refractivity (Wildman–Crippen MR) is 203 cm³/mol. The van der Waals surface area contributed by atoms with Crippen LogP contribution in [0.25, 0.3) is 66.8 Å². The smallest absolute Gasteiger partial charge is 0.0715 e. The number of aromatic nitrogens is 2. The molecule has 3 heteroatoms. The number of hydrogen-bond donors (Lipinski definition) is 0. The van der Waals surface area contributed by atoms with Crippen LogP contribution in [0.1, 0.15) is 52.7 Å². The molecule has 49 heavy (non-hydrogen) atoms. The summed E-state index contributed by atoms with van der Waals surface area (Å²) in [7, 11) is 0. The standard InChI is InChI=1S/C46H41N2.Ir/c1-45(2,3)39-22-18-34(19-23-39)42-29-38(30-43(48-42)35-20-24-40(25-21-35)46(4,5)6)32-16-14-31(15-17-32)36-11-9-12-37(28-36)44-41-13-8-7-10-33(41)26-27-47-44;/h7-11,13-30H,1-6H3;/q-1;. The molecule has 2 nitrogen and oxygen atoms in total. The molecule has 2 aromatic heterocycles. The summed E-state index contributed by atoms with van der Waals surface area (Å²) in [6.07, 6.45) is 1.88. The summed E-state index contributed by atoms with van der Waals surface area (Å²) in [5, 5.41) is 2.31. The molecular weight excluding hydrogens is 773 g/mol. The van der Waals surface area contributed by atoms with E-state index in [1.54, 1.807) is 0 Å². The zero-order valence-electron chi connectivity index (χ0n) is 29.0. The Labute approximate surface area is 304 Å². The molecule has 0 amide bonds. The number of fused-ring (bicyclic) bond motifs is 1. The minimum absolute atomic E-state index is 0. The van der Waals surface area contributed by atoms with Crippen molar-refractivity contribution < 1.29 is 20.1 Å². The Balaban J connectivity index is 0.00000417. The van der Waals surface area contributed by atoms with Gasteiger partial charge in [-0.25, -0.2) is 4.98 Å². The first-order valence-corrected chi connectivity index (χ1v) is 16.7. The second-order valence-electron chi connectivity index (χ2n) is 14.7. The van der Waals surface area contributed by atoms with Crippen LogP contribution in [-0.4, -0.2) is 9.97 Å². The van der Waals surface area contributed by atoms with Crippen LogP contribution >= 0.6 is 0 Å². The molecule has 0 unspecified atom stereocenters. The van der Waals surface area contributed by atoms with E-state index in [0.29, 0.717) is 0 Å². The molecule has 0 aliphatic heterocycles. The molecule has 1 radical (unpaired) electrons. The van der Waals surface area contributed by atoms with Gasteiger partial charge in [0.15, 0.2) is 0 Å². The Bertz CT molecular complexity index is 2140. The van der Waals surface area contributed by atoms with E-state index in [-0.39, 0.29) is 30.9 Å². The van der Waals surface area contributed by atoms with Gasteiger partial charge in [0.1, 0.15) is 0 Å². The van der Waals surface area contributed by atoms with Crippen LogP contribution < -0.4 is 0 Å². The van der Waals surface area contributed by atoms with Crippen molar-refractivity contribution in [1.82, 2.24) is 9.97 Å². The average Bonchev–Trinajstić information content (AvgIpc) is 3.11. The summed E-state index contributed by atoms with van der Waals surface area (Å²) >= 11 is 0. The van der Waals surface area contributed by atoms with Gasteiger partial charge < -0.3 is 4.98 Å². The van der Waals surface area contributed by atoms with Crippen molar-refractivity contribution in [1.29, 1.82) is 0 Å². The molecular formula is C46H41IrN2-. The van der Waals surface area contributed by atoms with Gasteiger partial charge in [-0.1, -0.05) is 139 Å². The third kappa shape index (κ3) is 7.35. The monoisotopic (exact) mass is 814 g/mol. The number of nitrogens with zero attached hydrogens (tertiary/aromatic N) is 2. The van der Waals surface area contributed by atoms with Gasteiger partial charge in [-0.15, -0.1) is 35.4 Å². The SMILES string of the molecule is CC(C)(C)c1ccc(-c2cc(-c3ccc(-c4cc[c-]c(-c5nccc6ccccc56)c4)cc3)cc(-c3ccc(C(C)(C)C)cc3)n2)cc1.[Ir]. The molecule has 245 valence electrons. The fourth-order valence-corrected chi connectivity index (χ4v) is 6.25. The first-order chi connectivity index (χ1) is 23.0. The normalized spacial score (nSPS) is 11.7. The average molecular weight is 814 g/mol. The molecule has 0 saturated heterocycles. The molecule has 0 N–H and O–H groups in total. The van der Waals surface area contributed by atoms with E-state index in [2.05, 4.69) is 175 Å². The minimum atomic E-state index is 0. The second-order valence-corrected chi connectivity index (χ2v) is 14.7. The van der Waals surface area contributed by atoms with Crippen LogP contribution in [0.3, 0.4) is 0 Å². The molecule has 0 aliphatic rings. The van der Waals surface area contributed by atoms with Gasteiger partial charge in [-0.2, -0.15) is 0 Å². The molecule has 2 heterocycles. The molecule has 0 spiro atoms. The summed E-state index contributed by atoms with van der Waals surface area (Å²) in [6.45, 7) is 13.5. The van der Waals surface area contributed by atoms with Gasteiger partial charge >= 0.3 is 0 Å². The van der Waals surface area contributed by atoms with E-state index < -0.39 is 0 Å². The maximum atomic E-state index is 5.20. The van der Waals surface area contributed by atoms with Crippen LogP contribution in [0.2, 0.25) is 0 Å². The molecule has 0 fully saturated rings. The largest absolute Gasteiger partial charge is 0.304 e. The Kier molecular flexibility index (Phi) is 9.54. The first kappa shape index (κ1) is 34.2. The molecule has 0 aliphatic carbocycles. The van der Waals surface area contributed by atoms with Crippen LogP contribution in [0.5, 0.6) is 0 Å². The molecule has 0 saturated carbocycles. The van der Waals surface area contributed by atoms with E-state index >= 15 is 0 Å². The summed E-state index contributed by atoms with van der Waals surface area (Å²) in [5.74, 6) is 0. The van der Waals surface area contributed by atoms with Gasteiger partial charge in [-0.3, -0.25) is 0 Å². The molecule has 7 aromatic rings. The quantitative estimate of drug-likeness (QED) is 0.162. The molecule has 0 atom stereocenters. The number of benzene rings is 5. The first-order valence-electron chi connectivity index (χ1n) is 16.7. The second kappa shape index (κ2) is 13.7. The van der Waals surface area contributed by atoms with Gasteiger partial charge in [-0.05, 0) is 73.3 Å². The van der Waals surface area contributed by atoms with Crippen molar-refractivity contribution in [3.63, 3.8) is 0 Å². The maximum absolute atomic E-state index is 5.20. The fraction of sp³-hybridized carbons (Fsp3) is 0.174. The van der Waals surface area contributed by atoms with Crippen LogP contribution in [-0.2, 0) is 30.9 Å². The molecule has 7 rings (SSSR count). The van der Waals surface area contributed by atoms with E-state index in [4.69, 9.17) is 9.97 Å². The summed E-state index contributed by atoms with van der Waals surface area (Å²) < 4.78 is 0. The zero-order valence-corrected chi connectivity index (χ0v) is 31.4. The Morgan fingerprint density at radius 1 is 0.490 bits per heavy atom. The van der Waals surface area contributed by atoms with E-state index in [1.165, 1.54) is 16.5 Å². The van der Waals surface area contributed by atoms with Crippen molar-refractivity contribution in [2.75, 3.05) is 0 Å². The third-order valence-electron chi connectivity index (χ3n) is 9.20. The fourth-order valence-electron chi connectivity index (χ4n) is 6.25. The maximum Gasteiger partial charge on any atom is 0.0715 e. The van der Waals surface area contributed by atoms with Gasteiger partial charge in [0.2, 0.25) is 0 Å². The molecule has 0 bridgehead atoms. The van der Waals surface area contributed by atoms with Gasteiger partial charge in [0.25, 0.3) is 0 Å². The number of rotatable bonds is 5. The van der Waals surface area contributed by atoms with Crippen molar-refractivity contribution in [2.24, 2.45) is 0 Å². The van der Waals surface area contributed by atoms with Crippen molar-refractivity contribution in [2.45, 2.75) is 52.4 Å². The summed E-state index contributed by atoms with van der Waals surface area (Å²) in [4.78, 5) is 9.93. The van der Waals surface area contributed by atoms with E-state index in [9.17, 15) is 0 Å². The Hall–Kier alpha value is -4.69. The third-order valence-corrected chi connectivity index (χ3v) is 9.20. The topological polar surface area (TPSA) is 25.8 Å². The van der Waals surface area contributed by atoms with Crippen LogP contribution in [0.15, 0.2) is 140 Å². The van der Waals surface area contributed by atoms with Crippen LogP contribution in [0.4, 0.5) is 0 Å². The van der Waals surface area contributed by atoms with E-state index in [0.717, 1.165) is 61.4 Å². The number of hydrogen-bond acceptors (Lipinski definition) is 2. The number of pyridine rings is 2. The zero-order chi connectivity index (χ0) is 33.5. The predicted octanol–water partition coefficient (Wildman–Crippen LogP) is 12.4. The Morgan fingerprint density at radius 3 is 1.55 bits per heavy atom. The minimum Gasteiger partial charge on any atom is -0.304 e. The Morgan fingerprint density at radius 2 is 1.00 bits per heavy atom.